The fourth-order valence-corrected chi connectivity index (χ4v) is 2.37. The molecule has 0 saturated carbocycles. The Labute approximate surface area is 120 Å². The molecule has 1 aliphatic heterocycles. The lowest BCUT2D eigenvalue weighted by Gasteiger charge is -2.32. The summed E-state index contributed by atoms with van der Waals surface area (Å²) in [7, 11) is 0. The smallest absolute Gasteiger partial charge is 0.317 e. The summed E-state index contributed by atoms with van der Waals surface area (Å²) in [5.41, 5.74) is 1.14. The zero-order valence-electron chi connectivity index (χ0n) is 12.0. The molecule has 1 aromatic rings. The van der Waals surface area contributed by atoms with E-state index in [1.165, 1.54) is 0 Å². The Bertz CT molecular complexity index is 409. The molecule has 0 unspecified atom stereocenters. The highest BCUT2D eigenvalue weighted by atomic mass is 16.5. The fraction of sp³-hybridized carbons (Fsp3) is 0.600. The summed E-state index contributed by atoms with van der Waals surface area (Å²) in [6, 6.07) is 3.94. The standard InChI is InChI=1S/C15H23N3O2/c1-2-4-14-12-18(9-10-20-14)15(19)17-8-6-13-5-3-7-16-11-13/h3,5,7,11,14H,2,4,6,8-10,12H2,1H3,(H,17,19)/t14-/m0/s1. The van der Waals surface area contributed by atoms with Crippen LogP contribution in [-0.2, 0) is 11.2 Å². The molecule has 0 spiro atoms. The minimum Gasteiger partial charge on any atom is -0.375 e. The molecule has 0 aliphatic carbocycles. The van der Waals surface area contributed by atoms with Gasteiger partial charge in [-0.15, -0.1) is 0 Å². The number of rotatable bonds is 5. The third-order valence-electron chi connectivity index (χ3n) is 3.45. The largest absolute Gasteiger partial charge is 0.375 e. The summed E-state index contributed by atoms with van der Waals surface area (Å²) >= 11 is 0. The average Bonchev–Trinajstić information content (AvgIpc) is 2.49. The van der Waals surface area contributed by atoms with E-state index in [-0.39, 0.29) is 12.1 Å². The lowest BCUT2D eigenvalue weighted by molar-refractivity contribution is -0.0180. The van der Waals surface area contributed by atoms with Crippen molar-refractivity contribution in [1.82, 2.24) is 15.2 Å². The Morgan fingerprint density at radius 3 is 3.25 bits per heavy atom. The number of nitrogens with zero attached hydrogens (tertiary/aromatic N) is 2. The van der Waals surface area contributed by atoms with Gasteiger partial charge in [0, 0.05) is 32.0 Å². The van der Waals surface area contributed by atoms with Crippen LogP contribution in [-0.4, -0.2) is 48.3 Å². The van der Waals surface area contributed by atoms with E-state index < -0.39 is 0 Å². The Morgan fingerprint density at radius 1 is 1.60 bits per heavy atom. The maximum Gasteiger partial charge on any atom is 0.317 e. The molecule has 0 aromatic carbocycles. The van der Waals surface area contributed by atoms with Gasteiger partial charge in [0.1, 0.15) is 0 Å². The summed E-state index contributed by atoms with van der Waals surface area (Å²) in [5.74, 6) is 0. The first-order chi connectivity index (χ1) is 9.79. The molecule has 0 radical (unpaired) electrons. The van der Waals surface area contributed by atoms with E-state index >= 15 is 0 Å². The first kappa shape index (κ1) is 14.8. The van der Waals surface area contributed by atoms with Gasteiger partial charge >= 0.3 is 6.03 Å². The van der Waals surface area contributed by atoms with E-state index in [4.69, 9.17) is 4.74 Å². The third-order valence-corrected chi connectivity index (χ3v) is 3.45. The minimum absolute atomic E-state index is 0.0123. The Balaban J connectivity index is 1.71. The van der Waals surface area contributed by atoms with Crippen LogP contribution in [0.25, 0.3) is 0 Å². The van der Waals surface area contributed by atoms with Crippen LogP contribution in [0.4, 0.5) is 4.79 Å². The van der Waals surface area contributed by atoms with Crippen LogP contribution in [0.5, 0.6) is 0 Å². The minimum atomic E-state index is 0.0123. The Morgan fingerprint density at radius 2 is 2.50 bits per heavy atom. The third kappa shape index (κ3) is 4.49. The second kappa shape index (κ2) is 7.85. The molecule has 0 bridgehead atoms. The predicted octanol–water partition coefficient (Wildman–Crippen LogP) is 1.83. The molecule has 1 fully saturated rings. The number of amides is 2. The number of aromatic nitrogens is 1. The van der Waals surface area contributed by atoms with E-state index in [2.05, 4.69) is 17.2 Å². The highest BCUT2D eigenvalue weighted by Gasteiger charge is 2.23. The highest BCUT2D eigenvalue weighted by molar-refractivity contribution is 5.74. The van der Waals surface area contributed by atoms with Crippen molar-refractivity contribution >= 4 is 6.03 Å². The summed E-state index contributed by atoms with van der Waals surface area (Å²) in [6.45, 7) is 4.79. The van der Waals surface area contributed by atoms with Crippen molar-refractivity contribution in [2.24, 2.45) is 0 Å². The number of pyridine rings is 1. The van der Waals surface area contributed by atoms with Gasteiger partial charge < -0.3 is 15.0 Å². The number of carbonyl (C=O) groups excluding carboxylic acids is 1. The molecule has 2 amide bonds. The van der Waals surface area contributed by atoms with Gasteiger partial charge in [0.05, 0.1) is 12.7 Å². The SMILES string of the molecule is CCC[C@H]1CN(C(=O)NCCc2cccnc2)CCO1. The van der Waals surface area contributed by atoms with E-state index in [9.17, 15) is 4.79 Å². The molecule has 20 heavy (non-hydrogen) atoms. The average molecular weight is 277 g/mol. The van der Waals surface area contributed by atoms with E-state index in [1.54, 1.807) is 6.20 Å². The summed E-state index contributed by atoms with van der Waals surface area (Å²) in [5, 5.41) is 2.97. The summed E-state index contributed by atoms with van der Waals surface area (Å²) in [4.78, 5) is 18.0. The van der Waals surface area contributed by atoms with Crippen LogP contribution in [0, 0.1) is 0 Å². The summed E-state index contributed by atoms with van der Waals surface area (Å²) < 4.78 is 5.64. The van der Waals surface area contributed by atoms with Gasteiger partial charge in [0.15, 0.2) is 0 Å². The molecule has 2 heterocycles. The van der Waals surface area contributed by atoms with Crippen LogP contribution in [0.15, 0.2) is 24.5 Å². The lowest BCUT2D eigenvalue weighted by atomic mass is 10.2. The molecule has 1 N–H and O–H groups in total. The molecule has 5 heteroatoms. The maximum absolute atomic E-state index is 12.1. The number of hydrogen-bond donors (Lipinski definition) is 1. The first-order valence-electron chi connectivity index (χ1n) is 7.33. The molecule has 2 rings (SSSR count). The maximum atomic E-state index is 12.1. The molecule has 1 aromatic heterocycles. The fourth-order valence-electron chi connectivity index (χ4n) is 2.37. The second-order valence-electron chi connectivity index (χ2n) is 5.07. The van der Waals surface area contributed by atoms with Gasteiger partial charge in [0.2, 0.25) is 0 Å². The van der Waals surface area contributed by atoms with Crippen molar-refractivity contribution < 1.29 is 9.53 Å². The molecule has 1 saturated heterocycles. The van der Waals surface area contributed by atoms with Crippen molar-refractivity contribution in [3.8, 4) is 0 Å². The number of ether oxygens (including phenoxy) is 1. The Hall–Kier alpha value is -1.62. The van der Waals surface area contributed by atoms with Crippen LogP contribution in [0.2, 0.25) is 0 Å². The van der Waals surface area contributed by atoms with Crippen LogP contribution in [0.1, 0.15) is 25.3 Å². The van der Waals surface area contributed by atoms with Gasteiger partial charge in [-0.1, -0.05) is 19.4 Å². The zero-order valence-corrected chi connectivity index (χ0v) is 12.0. The van der Waals surface area contributed by atoms with Crippen LogP contribution in [0.3, 0.4) is 0 Å². The van der Waals surface area contributed by atoms with Crippen molar-refractivity contribution in [2.45, 2.75) is 32.3 Å². The van der Waals surface area contributed by atoms with Crippen molar-refractivity contribution in [3.63, 3.8) is 0 Å². The Kier molecular flexibility index (Phi) is 5.80. The number of urea groups is 1. The van der Waals surface area contributed by atoms with Gasteiger partial charge in [-0.3, -0.25) is 4.98 Å². The van der Waals surface area contributed by atoms with E-state index in [0.29, 0.717) is 26.2 Å². The normalized spacial score (nSPS) is 18.9. The van der Waals surface area contributed by atoms with Crippen LogP contribution >= 0.6 is 0 Å². The van der Waals surface area contributed by atoms with Crippen molar-refractivity contribution in [1.29, 1.82) is 0 Å². The number of hydrogen-bond acceptors (Lipinski definition) is 3. The second-order valence-corrected chi connectivity index (χ2v) is 5.07. The molecule has 110 valence electrons. The lowest BCUT2D eigenvalue weighted by Crippen LogP contribution is -2.49. The number of carbonyl (C=O) groups is 1. The summed E-state index contributed by atoms with van der Waals surface area (Å²) in [6.07, 6.45) is 6.68. The van der Waals surface area contributed by atoms with Gasteiger partial charge in [-0.2, -0.15) is 0 Å². The number of morpholine rings is 1. The topological polar surface area (TPSA) is 54.5 Å². The van der Waals surface area contributed by atoms with Crippen LogP contribution < -0.4 is 5.32 Å². The highest BCUT2D eigenvalue weighted by Crippen LogP contribution is 2.10. The van der Waals surface area contributed by atoms with Gasteiger partial charge in [-0.05, 0) is 24.5 Å². The zero-order chi connectivity index (χ0) is 14.2. The first-order valence-corrected chi connectivity index (χ1v) is 7.33. The van der Waals surface area contributed by atoms with E-state index in [1.807, 2.05) is 23.2 Å². The van der Waals surface area contributed by atoms with Crippen molar-refractivity contribution in [2.75, 3.05) is 26.2 Å². The monoisotopic (exact) mass is 277 g/mol. The predicted molar refractivity (Wildman–Crippen MR) is 77.6 cm³/mol. The van der Waals surface area contributed by atoms with Gasteiger partial charge in [-0.25, -0.2) is 4.79 Å². The number of nitrogens with one attached hydrogen (secondary N) is 1. The molecule has 5 nitrogen and oxygen atoms in total. The van der Waals surface area contributed by atoms with Crippen molar-refractivity contribution in [3.05, 3.63) is 30.1 Å². The van der Waals surface area contributed by atoms with E-state index in [0.717, 1.165) is 24.8 Å². The van der Waals surface area contributed by atoms with Gasteiger partial charge in [0.25, 0.3) is 0 Å². The molecule has 1 atom stereocenters. The quantitative estimate of drug-likeness (QED) is 0.893. The molecule has 1 aliphatic rings. The molecular weight excluding hydrogens is 254 g/mol. The molecular formula is C15H23N3O2.